The van der Waals surface area contributed by atoms with Crippen molar-refractivity contribution in [2.75, 3.05) is 18.4 Å². The van der Waals surface area contributed by atoms with Crippen LogP contribution in [0, 0.1) is 13.8 Å². The Labute approximate surface area is 121 Å². The Morgan fingerprint density at radius 3 is 2.76 bits per heavy atom. The standard InChI is InChI=1S/C14H17N3O4/c1-8-3-4-9(2)10(5-8)16-14(21)17-7-12(18)15-6-11(17)13(19)20/h3-5,11H,6-7H2,1-2H3,(H,15,18)(H,16,21)(H,19,20). The fourth-order valence-electron chi connectivity index (χ4n) is 2.13. The molecular weight excluding hydrogens is 274 g/mol. The third-order valence-corrected chi connectivity index (χ3v) is 3.36. The lowest BCUT2D eigenvalue weighted by atomic mass is 10.1. The van der Waals surface area contributed by atoms with E-state index < -0.39 is 18.0 Å². The van der Waals surface area contributed by atoms with Gasteiger partial charge in [0, 0.05) is 12.2 Å². The number of carbonyl (C=O) groups excluding carboxylic acids is 2. The van der Waals surface area contributed by atoms with Crippen molar-refractivity contribution < 1.29 is 19.5 Å². The number of benzene rings is 1. The van der Waals surface area contributed by atoms with E-state index in [2.05, 4.69) is 10.6 Å². The Balaban J connectivity index is 2.19. The molecule has 1 aliphatic heterocycles. The van der Waals surface area contributed by atoms with Crippen molar-refractivity contribution in [2.45, 2.75) is 19.9 Å². The van der Waals surface area contributed by atoms with E-state index in [4.69, 9.17) is 5.11 Å². The first-order valence-corrected chi connectivity index (χ1v) is 6.53. The highest BCUT2D eigenvalue weighted by Gasteiger charge is 2.35. The number of carboxylic acids is 1. The molecule has 0 spiro atoms. The van der Waals surface area contributed by atoms with Crippen LogP contribution < -0.4 is 10.6 Å². The van der Waals surface area contributed by atoms with Crippen LogP contribution in [-0.2, 0) is 9.59 Å². The average Bonchev–Trinajstić information content (AvgIpc) is 2.42. The molecule has 0 saturated carbocycles. The van der Waals surface area contributed by atoms with Gasteiger partial charge < -0.3 is 15.7 Å². The average molecular weight is 291 g/mol. The molecule has 1 fully saturated rings. The second-order valence-corrected chi connectivity index (χ2v) is 5.03. The zero-order valence-corrected chi connectivity index (χ0v) is 11.8. The van der Waals surface area contributed by atoms with Crippen LogP contribution in [-0.4, -0.2) is 47.0 Å². The van der Waals surface area contributed by atoms with Gasteiger partial charge in [0.15, 0.2) is 0 Å². The summed E-state index contributed by atoms with van der Waals surface area (Å²) in [6, 6.07) is 3.92. The van der Waals surface area contributed by atoms with Crippen molar-refractivity contribution in [1.82, 2.24) is 10.2 Å². The van der Waals surface area contributed by atoms with E-state index in [1.807, 2.05) is 26.0 Å². The number of nitrogens with one attached hydrogen (secondary N) is 2. The second kappa shape index (κ2) is 5.82. The van der Waals surface area contributed by atoms with Crippen molar-refractivity contribution in [1.29, 1.82) is 0 Å². The molecule has 7 nitrogen and oxygen atoms in total. The predicted molar refractivity (Wildman–Crippen MR) is 76.1 cm³/mol. The van der Waals surface area contributed by atoms with Crippen LogP contribution in [0.5, 0.6) is 0 Å². The molecule has 2 rings (SSSR count). The lowest BCUT2D eigenvalue weighted by Crippen LogP contribution is -2.60. The van der Waals surface area contributed by atoms with Gasteiger partial charge in [-0.15, -0.1) is 0 Å². The largest absolute Gasteiger partial charge is 0.480 e. The normalized spacial score (nSPS) is 18.1. The summed E-state index contributed by atoms with van der Waals surface area (Å²) < 4.78 is 0. The number of amides is 3. The minimum absolute atomic E-state index is 0.0889. The predicted octanol–water partition coefficient (Wildman–Crippen LogP) is 0.720. The van der Waals surface area contributed by atoms with Crippen molar-refractivity contribution in [3.8, 4) is 0 Å². The molecule has 1 aromatic carbocycles. The zero-order valence-electron chi connectivity index (χ0n) is 11.8. The maximum Gasteiger partial charge on any atom is 0.328 e. The first-order chi connectivity index (χ1) is 9.88. The molecule has 3 amide bonds. The SMILES string of the molecule is Cc1ccc(C)c(NC(=O)N2CC(=O)NCC2C(=O)O)c1. The molecule has 1 aromatic rings. The number of anilines is 1. The number of aliphatic carboxylic acids is 1. The topological polar surface area (TPSA) is 98.7 Å². The molecule has 1 saturated heterocycles. The number of nitrogens with zero attached hydrogens (tertiary/aromatic N) is 1. The molecule has 1 atom stereocenters. The van der Waals surface area contributed by atoms with Crippen molar-refractivity contribution in [2.24, 2.45) is 0 Å². The third kappa shape index (κ3) is 3.31. The van der Waals surface area contributed by atoms with Gasteiger partial charge in [-0.25, -0.2) is 9.59 Å². The van der Waals surface area contributed by atoms with E-state index in [0.29, 0.717) is 5.69 Å². The Morgan fingerprint density at radius 1 is 1.38 bits per heavy atom. The molecule has 0 bridgehead atoms. The molecule has 1 unspecified atom stereocenters. The van der Waals surface area contributed by atoms with Crippen molar-refractivity contribution >= 4 is 23.6 Å². The van der Waals surface area contributed by atoms with Gasteiger partial charge in [-0.1, -0.05) is 12.1 Å². The zero-order chi connectivity index (χ0) is 15.6. The number of aryl methyl sites for hydroxylation is 2. The quantitative estimate of drug-likeness (QED) is 0.747. The molecule has 7 heteroatoms. The van der Waals surface area contributed by atoms with Crippen LogP contribution in [0.1, 0.15) is 11.1 Å². The van der Waals surface area contributed by atoms with Gasteiger partial charge in [0.05, 0.1) is 0 Å². The summed E-state index contributed by atoms with van der Waals surface area (Å²) in [4.78, 5) is 35.9. The van der Waals surface area contributed by atoms with Gasteiger partial charge in [0.1, 0.15) is 12.6 Å². The van der Waals surface area contributed by atoms with Crippen LogP contribution in [0.15, 0.2) is 18.2 Å². The molecule has 1 heterocycles. The van der Waals surface area contributed by atoms with Gasteiger partial charge in [-0.3, -0.25) is 9.69 Å². The monoisotopic (exact) mass is 291 g/mol. The molecule has 3 N–H and O–H groups in total. The maximum absolute atomic E-state index is 12.3. The molecule has 0 aromatic heterocycles. The van der Waals surface area contributed by atoms with Crippen LogP contribution >= 0.6 is 0 Å². The maximum atomic E-state index is 12.3. The van der Waals surface area contributed by atoms with Gasteiger partial charge in [0.2, 0.25) is 5.91 Å². The van der Waals surface area contributed by atoms with E-state index in [0.717, 1.165) is 16.0 Å². The number of piperazine rings is 1. The highest BCUT2D eigenvalue weighted by Crippen LogP contribution is 2.18. The molecule has 112 valence electrons. The Hall–Kier alpha value is -2.57. The highest BCUT2D eigenvalue weighted by atomic mass is 16.4. The van der Waals surface area contributed by atoms with Gasteiger partial charge in [-0.2, -0.15) is 0 Å². The van der Waals surface area contributed by atoms with Gasteiger partial charge in [0.25, 0.3) is 0 Å². The minimum Gasteiger partial charge on any atom is -0.480 e. The summed E-state index contributed by atoms with van der Waals surface area (Å²) in [6.45, 7) is 3.37. The molecule has 0 aliphatic carbocycles. The van der Waals surface area contributed by atoms with Gasteiger partial charge >= 0.3 is 12.0 Å². The number of rotatable bonds is 2. The third-order valence-electron chi connectivity index (χ3n) is 3.36. The number of hydrogen-bond acceptors (Lipinski definition) is 3. The van der Waals surface area contributed by atoms with Crippen molar-refractivity contribution in [3.05, 3.63) is 29.3 Å². The second-order valence-electron chi connectivity index (χ2n) is 5.03. The van der Waals surface area contributed by atoms with Gasteiger partial charge in [-0.05, 0) is 31.0 Å². The first-order valence-electron chi connectivity index (χ1n) is 6.53. The molecular formula is C14H17N3O4. The summed E-state index contributed by atoms with van der Waals surface area (Å²) in [5.41, 5.74) is 2.44. The summed E-state index contributed by atoms with van der Waals surface area (Å²) in [6.07, 6.45) is 0. The highest BCUT2D eigenvalue weighted by molar-refractivity contribution is 5.97. The van der Waals surface area contributed by atoms with E-state index in [-0.39, 0.29) is 19.0 Å². The van der Waals surface area contributed by atoms with E-state index in [9.17, 15) is 14.4 Å². The Kier molecular flexibility index (Phi) is 4.11. The number of urea groups is 1. The van der Waals surface area contributed by atoms with Crippen LogP contribution in [0.2, 0.25) is 0 Å². The molecule has 0 radical (unpaired) electrons. The Bertz CT molecular complexity index is 600. The summed E-state index contributed by atoms with van der Waals surface area (Å²) in [5, 5.41) is 14.2. The Morgan fingerprint density at radius 2 is 2.10 bits per heavy atom. The van der Waals surface area contributed by atoms with E-state index >= 15 is 0 Å². The molecule has 21 heavy (non-hydrogen) atoms. The fourth-order valence-corrected chi connectivity index (χ4v) is 2.13. The summed E-state index contributed by atoms with van der Waals surface area (Å²) in [5.74, 6) is -1.52. The smallest absolute Gasteiger partial charge is 0.328 e. The lowest BCUT2D eigenvalue weighted by molar-refractivity contribution is -0.144. The fraction of sp³-hybridized carbons (Fsp3) is 0.357. The number of carboxylic acid groups (broad SMARTS) is 1. The first kappa shape index (κ1) is 14.8. The van der Waals surface area contributed by atoms with Crippen LogP contribution in [0.4, 0.5) is 10.5 Å². The summed E-state index contributed by atoms with van der Waals surface area (Å²) in [7, 11) is 0. The van der Waals surface area contributed by atoms with E-state index in [1.54, 1.807) is 6.07 Å². The van der Waals surface area contributed by atoms with Crippen molar-refractivity contribution in [3.63, 3.8) is 0 Å². The summed E-state index contributed by atoms with van der Waals surface area (Å²) >= 11 is 0. The van der Waals surface area contributed by atoms with Crippen LogP contribution in [0.3, 0.4) is 0 Å². The lowest BCUT2D eigenvalue weighted by Gasteiger charge is -2.32. The number of hydrogen-bond donors (Lipinski definition) is 3. The minimum atomic E-state index is -1.15. The molecule has 1 aliphatic rings. The van der Waals surface area contributed by atoms with E-state index in [1.165, 1.54) is 0 Å². The number of carbonyl (C=O) groups is 3. The van der Waals surface area contributed by atoms with Crippen LogP contribution in [0.25, 0.3) is 0 Å².